The lowest BCUT2D eigenvalue weighted by molar-refractivity contribution is -0.384. The Kier molecular flexibility index (Phi) is 4.12. The molecule has 120 valence electrons. The number of hydrogen-bond acceptors (Lipinski definition) is 6. The SMILES string of the molecule is CC(=O)c1ccc(N2CCC[C@H]2c2csc(C)n2)c([N+](=O)[O-])c1. The first-order valence-corrected chi connectivity index (χ1v) is 8.33. The second-order valence-electron chi connectivity index (χ2n) is 5.66. The number of nitro groups is 1. The summed E-state index contributed by atoms with van der Waals surface area (Å²) in [5.74, 6) is -0.173. The molecule has 1 aromatic carbocycles. The summed E-state index contributed by atoms with van der Waals surface area (Å²) in [5.41, 5.74) is 1.88. The van der Waals surface area contributed by atoms with Crippen LogP contribution in [-0.4, -0.2) is 22.2 Å². The summed E-state index contributed by atoms with van der Waals surface area (Å²) in [6, 6.07) is 4.78. The molecule has 1 atom stereocenters. The number of anilines is 1. The topological polar surface area (TPSA) is 76.3 Å². The second-order valence-corrected chi connectivity index (χ2v) is 6.72. The molecule has 2 heterocycles. The first kappa shape index (κ1) is 15.6. The van der Waals surface area contributed by atoms with Crippen molar-refractivity contribution < 1.29 is 9.72 Å². The van der Waals surface area contributed by atoms with Crippen LogP contribution in [0.4, 0.5) is 11.4 Å². The lowest BCUT2D eigenvalue weighted by Crippen LogP contribution is -2.23. The minimum Gasteiger partial charge on any atom is -0.357 e. The fraction of sp³-hybridized carbons (Fsp3) is 0.375. The number of benzene rings is 1. The smallest absolute Gasteiger partial charge is 0.293 e. The van der Waals surface area contributed by atoms with Gasteiger partial charge in [0.25, 0.3) is 5.69 Å². The Hall–Kier alpha value is -2.28. The van der Waals surface area contributed by atoms with Crippen molar-refractivity contribution in [2.24, 2.45) is 0 Å². The number of hydrogen-bond donors (Lipinski definition) is 0. The van der Waals surface area contributed by atoms with Crippen LogP contribution in [0.2, 0.25) is 0 Å². The summed E-state index contributed by atoms with van der Waals surface area (Å²) < 4.78 is 0. The maximum Gasteiger partial charge on any atom is 0.293 e. The monoisotopic (exact) mass is 331 g/mol. The van der Waals surface area contributed by atoms with Crippen molar-refractivity contribution in [3.63, 3.8) is 0 Å². The molecule has 0 bridgehead atoms. The van der Waals surface area contributed by atoms with Gasteiger partial charge in [-0.05, 0) is 38.8 Å². The zero-order valence-electron chi connectivity index (χ0n) is 13.0. The van der Waals surface area contributed by atoms with Crippen molar-refractivity contribution in [3.8, 4) is 0 Å². The Morgan fingerprint density at radius 3 is 2.87 bits per heavy atom. The molecule has 1 aliphatic heterocycles. The number of carbonyl (C=O) groups is 1. The van der Waals surface area contributed by atoms with E-state index in [1.165, 1.54) is 13.0 Å². The van der Waals surface area contributed by atoms with E-state index in [1.54, 1.807) is 23.5 Å². The third-order valence-corrected chi connectivity index (χ3v) is 4.91. The number of aryl methyl sites for hydroxylation is 1. The van der Waals surface area contributed by atoms with Crippen molar-refractivity contribution >= 4 is 28.5 Å². The number of nitro benzene ring substituents is 1. The molecule has 0 radical (unpaired) electrons. The highest BCUT2D eigenvalue weighted by molar-refractivity contribution is 7.09. The van der Waals surface area contributed by atoms with Crippen LogP contribution >= 0.6 is 11.3 Å². The molecule has 0 N–H and O–H groups in total. The van der Waals surface area contributed by atoms with E-state index in [2.05, 4.69) is 4.98 Å². The second kappa shape index (κ2) is 6.08. The van der Waals surface area contributed by atoms with Gasteiger partial charge in [-0.1, -0.05) is 0 Å². The predicted octanol–water partition coefficient (Wildman–Crippen LogP) is 3.90. The van der Waals surface area contributed by atoms with E-state index in [0.29, 0.717) is 11.3 Å². The fourth-order valence-corrected chi connectivity index (χ4v) is 3.69. The summed E-state index contributed by atoms with van der Waals surface area (Å²) in [4.78, 5) is 29.1. The summed E-state index contributed by atoms with van der Waals surface area (Å²) in [6.07, 6.45) is 1.89. The highest BCUT2D eigenvalue weighted by Crippen LogP contribution is 2.40. The van der Waals surface area contributed by atoms with Gasteiger partial charge in [0.2, 0.25) is 0 Å². The molecule has 0 aliphatic carbocycles. The van der Waals surface area contributed by atoms with Crippen molar-refractivity contribution in [3.05, 3.63) is 50.0 Å². The molecule has 1 fully saturated rings. The van der Waals surface area contributed by atoms with Gasteiger partial charge in [-0.3, -0.25) is 14.9 Å². The molecule has 1 saturated heterocycles. The van der Waals surface area contributed by atoms with E-state index >= 15 is 0 Å². The number of nitrogens with zero attached hydrogens (tertiary/aromatic N) is 3. The van der Waals surface area contributed by atoms with Gasteiger partial charge in [-0.25, -0.2) is 4.98 Å². The van der Waals surface area contributed by atoms with Crippen molar-refractivity contribution in [1.82, 2.24) is 4.98 Å². The molecule has 0 saturated carbocycles. The first-order valence-electron chi connectivity index (χ1n) is 7.45. The molecule has 6 nitrogen and oxygen atoms in total. The Morgan fingerprint density at radius 1 is 1.48 bits per heavy atom. The molecule has 23 heavy (non-hydrogen) atoms. The van der Waals surface area contributed by atoms with Gasteiger partial charge in [0, 0.05) is 23.6 Å². The lowest BCUT2D eigenvalue weighted by atomic mass is 10.1. The summed E-state index contributed by atoms with van der Waals surface area (Å²) in [7, 11) is 0. The predicted molar refractivity (Wildman–Crippen MR) is 89.3 cm³/mol. The van der Waals surface area contributed by atoms with E-state index in [0.717, 1.165) is 30.1 Å². The van der Waals surface area contributed by atoms with Crippen molar-refractivity contribution in [2.75, 3.05) is 11.4 Å². The van der Waals surface area contributed by atoms with Crippen LogP contribution in [0.15, 0.2) is 23.6 Å². The van der Waals surface area contributed by atoms with Crippen LogP contribution in [0.5, 0.6) is 0 Å². The van der Waals surface area contributed by atoms with E-state index in [9.17, 15) is 14.9 Å². The third-order valence-electron chi connectivity index (χ3n) is 4.12. The largest absolute Gasteiger partial charge is 0.357 e. The Labute approximate surface area is 137 Å². The molecular weight excluding hydrogens is 314 g/mol. The fourth-order valence-electron chi connectivity index (χ4n) is 3.03. The maximum atomic E-state index is 11.5. The highest BCUT2D eigenvalue weighted by atomic mass is 32.1. The van der Waals surface area contributed by atoms with Gasteiger partial charge in [-0.15, -0.1) is 11.3 Å². The minimum atomic E-state index is -0.413. The van der Waals surface area contributed by atoms with Crippen LogP contribution in [-0.2, 0) is 0 Å². The Bertz CT molecular complexity index is 772. The van der Waals surface area contributed by atoms with Crippen LogP contribution in [0.25, 0.3) is 0 Å². The van der Waals surface area contributed by atoms with Crippen LogP contribution < -0.4 is 4.90 Å². The van der Waals surface area contributed by atoms with Gasteiger partial charge >= 0.3 is 0 Å². The third kappa shape index (κ3) is 2.96. The minimum absolute atomic E-state index is 0.0171. The number of Topliss-reactive ketones (excluding diaryl/α,β-unsaturated/α-hetero) is 1. The van der Waals surface area contributed by atoms with E-state index in [4.69, 9.17) is 0 Å². The molecule has 0 amide bonds. The van der Waals surface area contributed by atoms with Gasteiger partial charge in [0.1, 0.15) is 5.69 Å². The highest BCUT2D eigenvalue weighted by Gasteiger charge is 2.32. The quantitative estimate of drug-likeness (QED) is 0.482. The standard InChI is InChI=1S/C16H17N3O3S/c1-10(20)12-5-6-15(16(8-12)19(21)22)18-7-3-4-14(18)13-9-23-11(2)17-13/h5-6,8-9,14H,3-4,7H2,1-2H3/t14-/m0/s1. The molecule has 1 aliphatic rings. The van der Waals surface area contributed by atoms with Gasteiger partial charge in [0.05, 0.1) is 21.7 Å². The van der Waals surface area contributed by atoms with Crippen LogP contribution in [0.3, 0.4) is 0 Å². The number of ketones is 1. The first-order chi connectivity index (χ1) is 11.0. The molecule has 0 unspecified atom stereocenters. The van der Waals surface area contributed by atoms with Gasteiger partial charge in [0.15, 0.2) is 5.78 Å². The zero-order valence-corrected chi connectivity index (χ0v) is 13.8. The lowest BCUT2D eigenvalue weighted by Gasteiger charge is -2.25. The van der Waals surface area contributed by atoms with Crippen LogP contribution in [0, 0.1) is 17.0 Å². The number of carbonyl (C=O) groups excluding carboxylic acids is 1. The van der Waals surface area contributed by atoms with Crippen molar-refractivity contribution in [1.29, 1.82) is 0 Å². The van der Waals surface area contributed by atoms with Gasteiger partial charge < -0.3 is 4.90 Å². The molecular formula is C16H17N3O3S. The average Bonchev–Trinajstić information content (AvgIpc) is 3.14. The van der Waals surface area contributed by atoms with E-state index < -0.39 is 4.92 Å². The summed E-state index contributed by atoms with van der Waals surface area (Å²) >= 11 is 1.59. The van der Waals surface area contributed by atoms with E-state index in [-0.39, 0.29) is 17.5 Å². The summed E-state index contributed by atoms with van der Waals surface area (Å²) in [6.45, 7) is 4.12. The Morgan fingerprint density at radius 2 is 2.26 bits per heavy atom. The molecule has 2 aromatic rings. The molecule has 3 rings (SSSR count). The zero-order chi connectivity index (χ0) is 16.6. The number of aromatic nitrogens is 1. The van der Waals surface area contributed by atoms with Gasteiger partial charge in [-0.2, -0.15) is 0 Å². The summed E-state index contributed by atoms with van der Waals surface area (Å²) in [5, 5.41) is 14.5. The molecule has 7 heteroatoms. The molecule has 1 aromatic heterocycles. The number of rotatable bonds is 4. The van der Waals surface area contributed by atoms with E-state index in [1.807, 2.05) is 17.2 Å². The van der Waals surface area contributed by atoms with Crippen molar-refractivity contribution in [2.45, 2.75) is 32.7 Å². The normalized spacial score (nSPS) is 17.5. The maximum absolute atomic E-state index is 11.5. The average molecular weight is 331 g/mol. The Balaban J connectivity index is 2.02. The molecule has 0 spiro atoms. The number of thiazole rings is 1. The van der Waals surface area contributed by atoms with Crippen LogP contribution in [0.1, 0.15) is 46.9 Å².